The van der Waals surface area contributed by atoms with Gasteiger partial charge in [0.15, 0.2) is 5.96 Å². The number of guanidine groups is 1. The first-order valence-corrected chi connectivity index (χ1v) is 10.5. The average molecular weight is 526 g/mol. The van der Waals surface area contributed by atoms with E-state index in [-0.39, 0.29) is 24.0 Å². The molecule has 0 unspecified atom stereocenters. The molecule has 1 aliphatic heterocycles. The van der Waals surface area contributed by atoms with Crippen LogP contribution in [-0.4, -0.2) is 60.5 Å². The van der Waals surface area contributed by atoms with Gasteiger partial charge in [-0.1, -0.05) is 31.2 Å². The van der Waals surface area contributed by atoms with Crippen molar-refractivity contribution in [2.75, 3.05) is 39.8 Å². The Morgan fingerprint density at radius 2 is 1.60 bits per heavy atom. The SMILES string of the molecule is CCN1CCN(Cc2ccc(CNC(=NC)NCc3nc(C)c(C)o3)cc2)CC1.I. The van der Waals surface area contributed by atoms with Gasteiger partial charge in [-0.15, -0.1) is 24.0 Å². The molecule has 7 nitrogen and oxygen atoms in total. The number of aromatic nitrogens is 1. The highest BCUT2D eigenvalue weighted by atomic mass is 127. The van der Waals surface area contributed by atoms with E-state index in [0.717, 1.165) is 50.1 Å². The number of nitrogens with zero attached hydrogens (tertiary/aromatic N) is 4. The maximum atomic E-state index is 5.60. The first kappa shape index (κ1) is 24.6. The van der Waals surface area contributed by atoms with E-state index >= 15 is 0 Å². The molecule has 2 aromatic rings. The van der Waals surface area contributed by atoms with Crippen molar-refractivity contribution in [2.45, 2.75) is 40.4 Å². The Kier molecular flexibility index (Phi) is 10.1. The number of halogens is 1. The molecule has 8 heteroatoms. The van der Waals surface area contributed by atoms with Gasteiger partial charge in [-0.3, -0.25) is 9.89 Å². The van der Waals surface area contributed by atoms with Crippen molar-refractivity contribution in [1.29, 1.82) is 0 Å². The predicted octanol–water partition coefficient (Wildman–Crippen LogP) is 2.91. The van der Waals surface area contributed by atoms with Gasteiger partial charge in [0.1, 0.15) is 5.76 Å². The first-order chi connectivity index (χ1) is 14.1. The lowest BCUT2D eigenvalue weighted by molar-refractivity contribution is 0.132. The Hall–Kier alpha value is -1.65. The van der Waals surface area contributed by atoms with Gasteiger partial charge >= 0.3 is 0 Å². The van der Waals surface area contributed by atoms with Crippen LogP contribution in [0.1, 0.15) is 35.4 Å². The van der Waals surface area contributed by atoms with E-state index in [2.05, 4.69) is 61.6 Å². The van der Waals surface area contributed by atoms with Crippen LogP contribution >= 0.6 is 24.0 Å². The number of rotatable bonds is 7. The topological polar surface area (TPSA) is 68.9 Å². The van der Waals surface area contributed by atoms with Crippen LogP contribution in [-0.2, 0) is 19.6 Å². The Morgan fingerprint density at radius 1 is 1.00 bits per heavy atom. The lowest BCUT2D eigenvalue weighted by Crippen LogP contribution is -2.45. The first-order valence-electron chi connectivity index (χ1n) is 10.5. The van der Waals surface area contributed by atoms with E-state index in [1.54, 1.807) is 7.05 Å². The van der Waals surface area contributed by atoms with Gasteiger partial charge in [0, 0.05) is 46.3 Å². The number of hydrogen-bond donors (Lipinski definition) is 2. The second-order valence-corrected chi connectivity index (χ2v) is 7.56. The van der Waals surface area contributed by atoms with Crippen molar-refractivity contribution < 1.29 is 4.42 Å². The lowest BCUT2D eigenvalue weighted by atomic mass is 10.1. The number of likely N-dealkylation sites (N-methyl/N-ethyl adjacent to an activating group) is 1. The van der Waals surface area contributed by atoms with Gasteiger partial charge in [0.2, 0.25) is 5.89 Å². The standard InChI is InChI=1S/C22H34N6O.HI/c1-5-27-10-12-28(13-11-27)16-20-8-6-19(7-9-20)14-24-22(23-4)25-15-21-26-17(2)18(3)29-21;/h6-9H,5,10-16H2,1-4H3,(H2,23,24,25);1H. The number of aryl methyl sites for hydroxylation is 2. The summed E-state index contributed by atoms with van der Waals surface area (Å²) in [6.07, 6.45) is 0. The Morgan fingerprint density at radius 3 is 2.17 bits per heavy atom. The zero-order chi connectivity index (χ0) is 20.6. The van der Waals surface area contributed by atoms with Crippen LogP contribution in [0.3, 0.4) is 0 Å². The van der Waals surface area contributed by atoms with Crippen molar-refractivity contribution in [1.82, 2.24) is 25.4 Å². The largest absolute Gasteiger partial charge is 0.444 e. The molecule has 1 fully saturated rings. The minimum atomic E-state index is 0. The lowest BCUT2D eigenvalue weighted by Gasteiger charge is -2.34. The van der Waals surface area contributed by atoms with Gasteiger partial charge in [-0.2, -0.15) is 0 Å². The molecule has 0 spiro atoms. The second kappa shape index (κ2) is 12.3. The third kappa shape index (κ3) is 7.24. The summed E-state index contributed by atoms with van der Waals surface area (Å²) in [7, 11) is 1.77. The monoisotopic (exact) mass is 526 g/mol. The molecule has 30 heavy (non-hydrogen) atoms. The smallest absolute Gasteiger partial charge is 0.214 e. The summed E-state index contributed by atoms with van der Waals surface area (Å²) in [5, 5.41) is 6.59. The summed E-state index contributed by atoms with van der Waals surface area (Å²) >= 11 is 0. The normalized spacial score (nSPS) is 15.7. The fourth-order valence-corrected chi connectivity index (χ4v) is 3.46. The number of nitrogens with one attached hydrogen (secondary N) is 2. The molecule has 2 heterocycles. The van der Waals surface area contributed by atoms with Crippen LogP contribution in [0.5, 0.6) is 0 Å². The van der Waals surface area contributed by atoms with E-state index in [0.29, 0.717) is 12.4 Å². The third-order valence-corrected chi connectivity index (χ3v) is 5.50. The van der Waals surface area contributed by atoms with E-state index in [1.165, 1.54) is 24.2 Å². The average Bonchev–Trinajstić information content (AvgIpc) is 3.07. The van der Waals surface area contributed by atoms with Gasteiger partial charge in [-0.25, -0.2) is 4.98 Å². The van der Waals surface area contributed by atoms with Crippen LogP contribution in [0.15, 0.2) is 33.7 Å². The highest BCUT2D eigenvalue weighted by molar-refractivity contribution is 14.0. The molecule has 1 saturated heterocycles. The Labute approximate surface area is 197 Å². The molecule has 166 valence electrons. The van der Waals surface area contributed by atoms with Crippen molar-refractivity contribution in [3.63, 3.8) is 0 Å². The van der Waals surface area contributed by atoms with Gasteiger partial charge < -0.3 is 20.0 Å². The van der Waals surface area contributed by atoms with Gasteiger partial charge in [0.05, 0.1) is 12.2 Å². The van der Waals surface area contributed by atoms with E-state index in [1.807, 2.05) is 13.8 Å². The predicted molar refractivity (Wildman–Crippen MR) is 132 cm³/mol. The van der Waals surface area contributed by atoms with Crippen molar-refractivity contribution in [2.24, 2.45) is 4.99 Å². The van der Waals surface area contributed by atoms with Crippen LogP contribution in [0, 0.1) is 13.8 Å². The highest BCUT2D eigenvalue weighted by Gasteiger charge is 2.15. The summed E-state index contributed by atoms with van der Waals surface area (Å²) in [6, 6.07) is 8.85. The zero-order valence-electron chi connectivity index (χ0n) is 18.6. The fraction of sp³-hybridized carbons (Fsp3) is 0.545. The molecule has 0 saturated carbocycles. The molecule has 3 rings (SSSR count). The van der Waals surface area contributed by atoms with Gasteiger partial charge in [0.25, 0.3) is 0 Å². The minimum Gasteiger partial charge on any atom is -0.444 e. The molecule has 0 radical (unpaired) electrons. The molecule has 0 aliphatic carbocycles. The molecule has 1 aromatic heterocycles. The summed E-state index contributed by atoms with van der Waals surface area (Å²) in [4.78, 5) is 13.7. The molecule has 0 bridgehead atoms. The Balaban J connectivity index is 0.00000320. The quantitative estimate of drug-likeness (QED) is 0.329. The van der Waals surface area contributed by atoms with Crippen LogP contribution < -0.4 is 10.6 Å². The number of oxazole rings is 1. The summed E-state index contributed by atoms with van der Waals surface area (Å²) in [5.41, 5.74) is 3.53. The molecule has 0 atom stereocenters. The zero-order valence-corrected chi connectivity index (χ0v) is 20.9. The van der Waals surface area contributed by atoms with E-state index in [4.69, 9.17) is 4.42 Å². The van der Waals surface area contributed by atoms with Crippen molar-refractivity contribution in [3.05, 3.63) is 52.7 Å². The van der Waals surface area contributed by atoms with Gasteiger partial charge in [-0.05, 0) is 31.5 Å². The number of piperazine rings is 1. The Bertz CT molecular complexity index is 777. The third-order valence-electron chi connectivity index (χ3n) is 5.50. The number of aliphatic imine (C=N–C) groups is 1. The molecule has 1 aromatic carbocycles. The van der Waals surface area contributed by atoms with Crippen molar-refractivity contribution in [3.8, 4) is 0 Å². The van der Waals surface area contributed by atoms with Crippen LogP contribution in [0.4, 0.5) is 0 Å². The van der Waals surface area contributed by atoms with Crippen molar-refractivity contribution >= 4 is 29.9 Å². The molecule has 1 aliphatic rings. The summed E-state index contributed by atoms with van der Waals surface area (Å²) in [5.74, 6) is 2.26. The maximum absolute atomic E-state index is 5.60. The highest BCUT2D eigenvalue weighted by Crippen LogP contribution is 2.10. The summed E-state index contributed by atoms with van der Waals surface area (Å²) < 4.78 is 5.60. The molecule has 0 amide bonds. The van der Waals surface area contributed by atoms with Crippen LogP contribution in [0.25, 0.3) is 0 Å². The number of hydrogen-bond acceptors (Lipinski definition) is 5. The second-order valence-electron chi connectivity index (χ2n) is 7.56. The van der Waals surface area contributed by atoms with E-state index < -0.39 is 0 Å². The van der Waals surface area contributed by atoms with E-state index in [9.17, 15) is 0 Å². The maximum Gasteiger partial charge on any atom is 0.214 e. The summed E-state index contributed by atoms with van der Waals surface area (Å²) in [6.45, 7) is 14.2. The molecular formula is C22H35IN6O. The minimum absolute atomic E-state index is 0. The fourth-order valence-electron chi connectivity index (χ4n) is 3.46. The molecular weight excluding hydrogens is 491 g/mol. The van der Waals surface area contributed by atoms with Crippen LogP contribution in [0.2, 0.25) is 0 Å². The molecule has 2 N–H and O–H groups in total. The number of benzene rings is 1.